The number of rotatable bonds is 2. The van der Waals surface area contributed by atoms with Gasteiger partial charge in [-0.15, -0.1) is 0 Å². The molecule has 1 amide bonds. The molecule has 2 aromatic carbocycles. The molecule has 2 heterocycles. The molecule has 0 fully saturated rings. The van der Waals surface area contributed by atoms with Crippen LogP contribution in [-0.4, -0.2) is 23.8 Å². The molecule has 0 spiro atoms. The predicted octanol–water partition coefficient (Wildman–Crippen LogP) is 2.79. The average Bonchev–Trinajstić information content (AvgIpc) is 3.04. The van der Waals surface area contributed by atoms with Gasteiger partial charge >= 0.3 is 0 Å². The van der Waals surface area contributed by atoms with E-state index in [0.717, 1.165) is 11.4 Å². The summed E-state index contributed by atoms with van der Waals surface area (Å²) in [7, 11) is 1.86. The lowest BCUT2D eigenvalue weighted by Crippen LogP contribution is -2.31. The van der Waals surface area contributed by atoms with Crippen LogP contribution >= 0.6 is 0 Å². The number of nitro groups is 1. The molecule has 0 saturated carbocycles. The van der Waals surface area contributed by atoms with Crippen molar-refractivity contribution in [2.75, 3.05) is 16.8 Å². The maximum atomic E-state index is 12.3. The molecule has 0 radical (unpaired) electrons. The third-order valence-corrected chi connectivity index (χ3v) is 4.05. The number of guanidine groups is 1. The highest BCUT2D eigenvalue weighted by Crippen LogP contribution is 2.41. The molecular weight excluding hydrogens is 308 g/mol. The number of benzene rings is 2. The first-order valence-corrected chi connectivity index (χ1v) is 7.28. The van der Waals surface area contributed by atoms with Gasteiger partial charge < -0.3 is 4.90 Å². The van der Waals surface area contributed by atoms with Gasteiger partial charge in [-0.05, 0) is 35.9 Å². The molecule has 4 rings (SSSR count). The third kappa shape index (κ3) is 1.98. The summed E-state index contributed by atoms with van der Waals surface area (Å²) >= 11 is 0. The van der Waals surface area contributed by atoms with Gasteiger partial charge in [-0.3, -0.25) is 19.8 Å². The fraction of sp³-hybridized carbons (Fsp3) is 0.0588. The van der Waals surface area contributed by atoms with E-state index in [1.54, 1.807) is 23.1 Å². The van der Waals surface area contributed by atoms with Crippen LogP contribution in [0.3, 0.4) is 0 Å². The molecule has 0 aliphatic carbocycles. The van der Waals surface area contributed by atoms with Crippen LogP contribution in [0.5, 0.6) is 0 Å². The maximum absolute atomic E-state index is 12.3. The lowest BCUT2D eigenvalue weighted by molar-refractivity contribution is -0.384. The van der Waals surface area contributed by atoms with Gasteiger partial charge in [0.15, 0.2) is 0 Å². The van der Waals surface area contributed by atoms with Crippen LogP contribution in [-0.2, 0) is 4.79 Å². The zero-order valence-corrected chi connectivity index (χ0v) is 12.7. The summed E-state index contributed by atoms with van der Waals surface area (Å²) in [4.78, 5) is 30.4. The maximum Gasteiger partial charge on any atom is 0.297 e. The monoisotopic (exact) mass is 320 g/mol. The molecular formula is C17H12N4O3. The zero-order valence-electron chi connectivity index (χ0n) is 12.7. The van der Waals surface area contributed by atoms with Crippen LogP contribution in [0.2, 0.25) is 0 Å². The van der Waals surface area contributed by atoms with Gasteiger partial charge in [0.25, 0.3) is 11.6 Å². The number of anilines is 2. The van der Waals surface area contributed by atoms with E-state index in [9.17, 15) is 14.9 Å². The fourth-order valence-corrected chi connectivity index (χ4v) is 2.89. The van der Waals surface area contributed by atoms with E-state index in [2.05, 4.69) is 4.99 Å². The Kier molecular flexibility index (Phi) is 2.96. The summed E-state index contributed by atoms with van der Waals surface area (Å²) in [5.41, 5.74) is 3.00. The number of carbonyl (C=O) groups is 1. The number of non-ortho nitro benzene ring substituents is 1. The number of nitro benzene ring substituents is 1. The topological polar surface area (TPSA) is 79.0 Å². The molecule has 0 unspecified atom stereocenters. The summed E-state index contributed by atoms with van der Waals surface area (Å²) < 4.78 is 0. The van der Waals surface area contributed by atoms with Crippen LogP contribution in [0.25, 0.3) is 6.08 Å². The third-order valence-electron chi connectivity index (χ3n) is 4.05. The lowest BCUT2D eigenvalue weighted by atomic mass is 10.1. The largest absolute Gasteiger partial charge is 0.313 e. The Morgan fingerprint density at radius 2 is 1.75 bits per heavy atom. The van der Waals surface area contributed by atoms with E-state index >= 15 is 0 Å². The Morgan fingerprint density at radius 1 is 1.08 bits per heavy atom. The Hall–Kier alpha value is -3.48. The van der Waals surface area contributed by atoms with E-state index < -0.39 is 4.92 Å². The Balaban J connectivity index is 1.77. The molecule has 2 aliphatic heterocycles. The van der Waals surface area contributed by atoms with Gasteiger partial charge in [0.1, 0.15) is 5.70 Å². The van der Waals surface area contributed by atoms with Gasteiger partial charge in [-0.2, -0.15) is 4.99 Å². The van der Waals surface area contributed by atoms with Gasteiger partial charge in [-0.1, -0.05) is 12.1 Å². The molecule has 2 aromatic rings. The van der Waals surface area contributed by atoms with Gasteiger partial charge in [0.2, 0.25) is 5.96 Å². The van der Waals surface area contributed by atoms with Crippen molar-refractivity contribution in [3.8, 4) is 0 Å². The van der Waals surface area contributed by atoms with Crippen molar-refractivity contribution < 1.29 is 9.72 Å². The van der Waals surface area contributed by atoms with Crippen molar-refractivity contribution in [3.05, 3.63) is 69.9 Å². The second kappa shape index (κ2) is 5.02. The Bertz CT molecular complexity index is 931. The second-order valence-corrected chi connectivity index (χ2v) is 5.48. The molecule has 0 saturated heterocycles. The van der Waals surface area contributed by atoms with E-state index in [-0.39, 0.29) is 11.6 Å². The van der Waals surface area contributed by atoms with E-state index in [1.165, 1.54) is 12.1 Å². The number of nitrogens with zero attached hydrogens (tertiary/aromatic N) is 4. The summed E-state index contributed by atoms with van der Waals surface area (Å²) in [5, 5.41) is 10.7. The van der Waals surface area contributed by atoms with E-state index in [0.29, 0.717) is 17.2 Å². The molecule has 118 valence electrons. The normalized spacial score (nSPS) is 17.1. The Morgan fingerprint density at radius 3 is 2.42 bits per heavy atom. The van der Waals surface area contributed by atoms with Crippen LogP contribution in [0.15, 0.2) is 59.2 Å². The molecule has 0 bridgehead atoms. The van der Waals surface area contributed by atoms with Gasteiger partial charge in [-0.25, -0.2) is 0 Å². The number of carbonyl (C=O) groups excluding carboxylic acids is 1. The summed E-state index contributed by atoms with van der Waals surface area (Å²) in [6.07, 6.45) is 1.69. The highest BCUT2D eigenvalue weighted by Gasteiger charge is 2.40. The number of para-hydroxylation sites is 2. The summed E-state index contributed by atoms with van der Waals surface area (Å²) in [6.45, 7) is 0. The van der Waals surface area contributed by atoms with E-state index in [1.807, 2.05) is 36.2 Å². The molecule has 7 nitrogen and oxygen atoms in total. The predicted molar refractivity (Wildman–Crippen MR) is 90.8 cm³/mol. The quantitative estimate of drug-likeness (QED) is 0.483. The number of aliphatic imine (C=N–C) groups is 1. The number of hydrogen-bond donors (Lipinski definition) is 0. The minimum Gasteiger partial charge on any atom is -0.313 e. The first kappa shape index (κ1) is 14.1. The molecule has 0 N–H and O–H groups in total. The second-order valence-electron chi connectivity index (χ2n) is 5.48. The molecule has 0 aromatic heterocycles. The number of amides is 1. The minimum absolute atomic E-state index is 0.0121. The Labute approximate surface area is 137 Å². The number of fused-ring (bicyclic) bond motifs is 3. The zero-order chi connectivity index (χ0) is 16.8. The molecule has 7 heteroatoms. The SMILES string of the molecule is CN1C2=NC(=O)/C(=C\c3ccc([N+](=O)[O-])cc3)N2c2ccccc21. The highest BCUT2D eigenvalue weighted by molar-refractivity contribution is 6.30. The molecule has 2 aliphatic rings. The number of hydrogen-bond acceptors (Lipinski definition) is 5. The first-order chi connectivity index (χ1) is 11.6. The molecule has 24 heavy (non-hydrogen) atoms. The minimum atomic E-state index is -0.454. The summed E-state index contributed by atoms with van der Waals surface area (Å²) in [6, 6.07) is 13.8. The summed E-state index contributed by atoms with van der Waals surface area (Å²) in [5.74, 6) is 0.235. The van der Waals surface area contributed by atoms with Crippen LogP contribution in [0.4, 0.5) is 17.1 Å². The van der Waals surface area contributed by atoms with Crippen LogP contribution in [0.1, 0.15) is 5.56 Å². The van der Waals surface area contributed by atoms with Crippen molar-refractivity contribution >= 4 is 35.0 Å². The lowest BCUT2D eigenvalue weighted by Gasteiger charge is -2.14. The van der Waals surface area contributed by atoms with Gasteiger partial charge in [0.05, 0.1) is 16.3 Å². The van der Waals surface area contributed by atoms with Crippen molar-refractivity contribution in [2.45, 2.75) is 0 Å². The first-order valence-electron chi connectivity index (χ1n) is 7.28. The van der Waals surface area contributed by atoms with Crippen molar-refractivity contribution in [2.24, 2.45) is 4.99 Å². The van der Waals surface area contributed by atoms with Crippen molar-refractivity contribution in [1.82, 2.24) is 0 Å². The smallest absolute Gasteiger partial charge is 0.297 e. The van der Waals surface area contributed by atoms with Crippen LogP contribution < -0.4 is 9.80 Å². The highest BCUT2D eigenvalue weighted by atomic mass is 16.6. The molecule has 0 atom stereocenters. The standard InChI is InChI=1S/C17H12N4O3/c1-19-13-4-2-3-5-14(13)20-15(16(22)18-17(19)20)10-11-6-8-12(9-7-11)21(23)24/h2-10H,1H3/b15-10+. The van der Waals surface area contributed by atoms with Crippen LogP contribution in [0, 0.1) is 10.1 Å². The fourth-order valence-electron chi connectivity index (χ4n) is 2.89. The van der Waals surface area contributed by atoms with Crippen molar-refractivity contribution in [1.29, 1.82) is 0 Å². The van der Waals surface area contributed by atoms with Gasteiger partial charge in [0, 0.05) is 19.2 Å². The van der Waals surface area contributed by atoms with Crippen molar-refractivity contribution in [3.63, 3.8) is 0 Å². The van der Waals surface area contributed by atoms with E-state index in [4.69, 9.17) is 0 Å². The average molecular weight is 320 g/mol.